The van der Waals surface area contributed by atoms with E-state index in [0.29, 0.717) is 0 Å². The second-order valence-corrected chi connectivity index (χ2v) is 5.79. The van der Waals surface area contributed by atoms with Gasteiger partial charge in [0.15, 0.2) is 0 Å². The molecule has 0 aliphatic carbocycles. The normalized spacial score (nSPS) is 17.0. The highest BCUT2D eigenvalue weighted by atomic mass is 35.5. The van der Waals surface area contributed by atoms with Gasteiger partial charge in [-0.1, -0.05) is 47.6 Å². The highest BCUT2D eigenvalue weighted by Crippen LogP contribution is 2.32. The molecule has 3 rings (SSSR count). The van der Waals surface area contributed by atoms with Gasteiger partial charge in [0.2, 0.25) is 0 Å². The molecule has 0 fully saturated rings. The van der Waals surface area contributed by atoms with E-state index < -0.39 is 0 Å². The van der Waals surface area contributed by atoms with Gasteiger partial charge in [-0.25, -0.2) is 4.99 Å². The quantitative estimate of drug-likeness (QED) is 0.848. The average molecular weight is 289 g/mol. The third-order valence-corrected chi connectivity index (χ3v) is 4.32. The molecule has 0 saturated carbocycles. The fourth-order valence-electron chi connectivity index (χ4n) is 1.97. The zero-order chi connectivity index (χ0) is 13.1. The first kappa shape index (κ1) is 12.7. The number of fused-ring (bicyclic) bond motifs is 1. The number of hydrogen-bond donors (Lipinski definition) is 1. The molecule has 0 amide bonds. The summed E-state index contributed by atoms with van der Waals surface area (Å²) in [5.41, 5.74) is 2.14. The molecule has 1 aliphatic rings. The molecule has 0 aromatic heterocycles. The number of nitrogens with one attached hydrogen (secondary N) is 1. The summed E-state index contributed by atoms with van der Waals surface area (Å²) < 4.78 is 0. The van der Waals surface area contributed by atoms with Gasteiger partial charge in [-0.05, 0) is 29.8 Å². The summed E-state index contributed by atoms with van der Waals surface area (Å²) in [6.07, 6.45) is 0. The molecule has 2 nitrogen and oxygen atoms in total. The van der Waals surface area contributed by atoms with Crippen LogP contribution in [0.15, 0.2) is 58.4 Å². The van der Waals surface area contributed by atoms with Crippen LogP contribution in [0.2, 0.25) is 5.02 Å². The molecular formula is C15H13ClN2S. The van der Waals surface area contributed by atoms with Crippen LogP contribution in [0.1, 0.15) is 5.56 Å². The minimum Gasteiger partial charge on any atom is -0.306 e. The van der Waals surface area contributed by atoms with E-state index in [-0.39, 0.29) is 0 Å². The number of aliphatic imine (C=N–C) groups is 1. The molecule has 1 heterocycles. The largest absolute Gasteiger partial charge is 0.306 e. The van der Waals surface area contributed by atoms with Crippen LogP contribution in [0.5, 0.6) is 0 Å². The predicted octanol–water partition coefficient (Wildman–Crippen LogP) is 4.27. The number of para-hydroxylation sites is 1. The lowest BCUT2D eigenvalue weighted by molar-refractivity contribution is 0.773. The van der Waals surface area contributed by atoms with Gasteiger partial charge in [-0.2, -0.15) is 0 Å². The summed E-state index contributed by atoms with van der Waals surface area (Å²) in [6.45, 7) is 1.56. The molecule has 0 saturated heterocycles. The van der Waals surface area contributed by atoms with Gasteiger partial charge >= 0.3 is 0 Å². The Balaban J connectivity index is 1.92. The summed E-state index contributed by atoms with van der Waals surface area (Å²) in [6, 6.07) is 16.0. The van der Waals surface area contributed by atoms with Crippen molar-refractivity contribution in [3.8, 4) is 0 Å². The van der Waals surface area contributed by atoms with Gasteiger partial charge in [-0.3, -0.25) is 0 Å². The summed E-state index contributed by atoms with van der Waals surface area (Å²) in [5.74, 6) is 0. The Morgan fingerprint density at radius 2 is 1.84 bits per heavy atom. The van der Waals surface area contributed by atoms with Crippen molar-refractivity contribution in [2.45, 2.75) is 11.4 Å². The molecule has 4 heteroatoms. The molecule has 1 aliphatic heterocycles. The monoisotopic (exact) mass is 288 g/mol. The number of rotatable bonds is 1. The second-order valence-electron chi connectivity index (χ2n) is 4.26. The molecular weight excluding hydrogens is 276 g/mol. The Kier molecular flexibility index (Phi) is 3.87. The molecule has 0 spiro atoms. The Morgan fingerprint density at radius 3 is 2.68 bits per heavy atom. The van der Waals surface area contributed by atoms with E-state index in [1.165, 1.54) is 4.90 Å². The molecule has 96 valence electrons. The number of benzene rings is 2. The lowest BCUT2D eigenvalue weighted by Gasteiger charge is -2.05. The zero-order valence-electron chi connectivity index (χ0n) is 10.3. The fourth-order valence-corrected chi connectivity index (χ4v) is 3.30. The number of halogens is 1. The molecule has 0 bridgehead atoms. The van der Waals surface area contributed by atoms with Crippen molar-refractivity contribution in [3.63, 3.8) is 0 Å². The summed E-state index contributed by atoms with van der Waals surface area (Å²) in [7, 11) is 0. The maximum absolute atomic E-state index is 6.23. The van der Waals surface area contributed by atoms with Gasteiger partial charge < -0.3 is 5.32 Å². The van der Waals surface area contributed by atoms with Crippen molar-refractivity contribution in [1.29, 1.82) is 0 Å². The van der Waals surface area contributed by atoms with E-state index in [9.17, 15) is 0 Å². The second kappa shape index (κ2) is 5.78. The molecule has 0 unspecified atom stereocenters. The van der Waals surface area contributed by atoms with Crippen LogP contribution in [-0.2, 0) is 6.54 Å². The first-order valence-corrected chi connectivity index (χ1v) is 7.31. The highest BCUT2D eigenvalue weighted by Gasteiger charge is 2.14. The van der Waals surface area contributed by atoms with Gasteiger partial charge in [0.05, 0.1) is 10.7 Å². The SMILES string of the molecule is Clc1cccc2c1CNCC(=Nc1ccccc1)S2. The topological polar surface area (TPSA) is 24.4 Å². The van der Waals surface area contributed by atoms with Crippen LogP contribution in [0.3, 0.4) is 0 Å². The van der Waals surface area contributed by atoms with Crippen molar-refractivity contribution < 1.29 is 0 Å². The first-order chi connectivity index (χ1) is 9.33. The smallest absolute Gasteiger partial charge is 0.0924 e. The van der Waals surface area contributed by atoms with Gasteiger partial charge in [0.1, 0.15) is 0 Å². The standard InChI is InChI=1S/C15H13ClN2S/c16-13-7-4-8-14-12(13)9-17-10-15(19-14)18-11-5-2-1-3-6-11/h1-8,17H,9-10H2. The van der Waals surface area contributed by atoms with E-state index in [1.54, 1.807) is 11.8 Å². The average Bonchev–Trinajstić information content (AvgIpc) is 2.63. The number of thioether (sulfide) groups is 1. The Labute approximate surface area is 121 Å². The van der Waals surface area contributed by atoms with Crippen LogP contribution >= 0.6 is 23.4 Å². The van der Waals surface area contributed by atoms with Gasteiger partial charge in [0.25, 0.3) is 0 Å². The minimum absolute atomic E-state index is 0.768. The molecule has 19 heavy (non-hydrogen) atoms. The molecule has 2 aromatic carbocycles. The van der Waals surface area contributed by atoms with E-state index in [4.69, 9.17) is 11.6 Å². The predicted molar refractivity (Wildman–Crippen MR) is 82.6 cm³/mol. The molecule has 0 radical (unpaired) electrons. The Bertz CT molecular complexity index is 611. The van der Waals surface area contributed by atoms with E-state index >= 15 is 0 Å². The Hall–Kier alpha value is -1.29. The van der Waals surface area contributed by atoms with Gasteiger partial charge in [-0.15, -0.1) is 0 Å². The van der Waals surface area contributed by atoms with Crippen molar-refractivity contribution in [2.75, 3.05) is 6.54 Å². The lowest BCUT2D eigenvalue weighted by Crippen LogP contribution is -2.18. The Morgan fingerprint density at radius 1 is 1.00 bits per heavy atom. The van der Waals surface area contributed by atoms with E-state index in [2.05, 4.69) is 16.4 Å². The molecule has 2 aromatic rings. The van der Waals surface area contributed by atoms with Crippen molar-refractivity contribution in [2.24, 2.45) is 4.99 Å². The van der Waals surface area contributed by atoms with E-state index in [1.807, 2.05) is 42.5 Å². The van der Waals surface area contributed by atoms with Crippen molar-refractivity contribution in [1.82, 2.24) is 5.32 Å². The van der Waals surface area contributed by atoms with Gasteiger partial charge in [0, 0.05) is 23.0 Å². The van der Waals surface area contributed by atoms with Crippen molar-refractivity contribution >= 4 is 34.1 Å². The highest BCUT2D eigenvalue weighted by molar-refractivity contribution is 8.14. The fraction of sp³-hybridized carbons (Fsp3) is 0.133. The van der Waals surface area contributed by atoms with Crippen LogP contribution in [0, 0.1) is 0 Å². The maximum atomic E-state index is 6.23. The third-order valence-electron chi connectivity index (χ3n) is 2.89. The summed E-state index contributed by atoms with van der Waals surface area (Å²) in [4.78, 5) is 5.87. The lowest BCUT2D eigenvalue weighted by atomic mass is 10.2. The molecule has 0 atom stereocenters. The van der Waals surface area contributed by atoms with E-state index in [0.717, 1.165) is 34.4 Å². The summed E-state index contributed by atoms with van der Waals surface area (Å²) >= 11 is 7.92. The summed E-state index contributed by atoms with van der Waals surface area (Å²) in [5, 5.41) is 5.26. The van der Waals surface area contributed by atoms with Crippen LogP contribution < -0.4 is 5.32 Å². The third kappa shape index (κ3) is 3.00. The zero-order valence-corrected chi connectivity index (χ0v) is 11.8. The molecule has 1 N–H and O–H groups in total. The maximum Gasteiger partial charge on any atom is 0.0924 e. The minimum atomic E-state index is 0.768. The van der Waals surface area contributed by atoms with Crippen molar-refractivity contribution in [3.05, 3.63) is 59.1 Å². The number of nitrogens with zero attached hydrogens (tertiary/aromatic N) is 1. The van der Waals surface area contributed by atoms with Crippen LogP contribution in [0.25, 0.3) is 0 Å². The van der Waals surface area contributed by atoms with Crippen LogP contribution in [-0.4, -0.2) is 11.6 Å². The first-order valence-electron chi connectivity index (χ1n) is 6.11. The number of hydrogen-bond acceptors (Lipinski definition) is 3. The van der Waals surface area contributed by atoms with Crippen LogP contribution in [0.4, 0.5) is 5.69 Å².